The van der Waals surface area contributed by atoms with Crippen LogP contribution >= 0.6 is 0 Å². The number of nitrogens with zero attached hydrogens (tertiary/aromatic N) is 1. The maximum Gasteiger partial charge on any atom is 0.312 e. The molecular weight excluding hydrogens is 210 g/mol. The summed E-state index contributed by atoms with van der Waals surface area (Å²) in [5.74, 6) is -0.156. The standard InChI is InChI=1S/C11H13NO4/c1-6(11(13)14)10-8-4-3-7(15-2)5-9(8)16-12-10/h3,5-6,8H,4H2,1-2H3,(H,13,14). The molecule has 2 unspecified atom stereocenters. The van der Waals surface area contributed by atoms with Crippen LogP contribution in [0.4, 0.5) is 0 Å². The van der Waals surface area contributed by atoms with Crippen LogP contribution in [0, 0.1) is 11.8 Å². The number of ether oxygens (including phenoxy) is 1. The van der Waals surface area contributed by atoms with Gasteiger partial charge in [-0.3, -0.25) is 4.79 Å². The van der Waals surface area contributed by atoms with Gasteiger partial charge in [0.15, 0.2) is 0 Å². The van der Waals surface area contributed by atoms with Gasteiger partial charge in [-0.25, -0.2) is 0 Å². The lowest BCUT2D eigenvalue weighted by molar-refractivity contribution is -0.138. The molecule has 5 nitrogen and oxygen atoms in total. The maximum atomic E-state index is 10.9. The van der Waals surface area contributed by atoms with Gasteiger partial charge in [0.1, 0.15) is 11.5 Å². The molecule has 0 amide bonds. The van der Waals surface area contributed by atoms with Crippen LogP contribution in [0.1, 0.15) is 13.3 Å². The summed E-state index contributed by atoms with van der Waals surface area (Å²) >= 11 is 0. The lowest BCUT2D eigenvalue weighted by atomic mass is 9.87. The molecule has 0 saturated heterocycles. The summed E-state index contributed by atoms with van der Waals surface area (Å²) in [6.07, 6.45) is 4.33. The summed E-state index contributed by atoms with van der Waals surface area (Å²) in [6.45, 7) is 1.61. The fourth-order valence-electron chi connectivity index (χ4n) is 1.82. The summed E-state index contributed by atoms with van der Waals surface area (Å²) in [7, 11) is 1.58. The van der Waals surface area contributed by atoms with Gasteiger partial charge in [0.05, 0.1) is 24.7 Å². The lowest BCUT2D eigenvalue weighted by Crippen LogP contribution is -2.26. The number of carboxylic acid groups (broad SMARTS) is 1. The monoisotopic (exact) mass is 223 g/mol. The second-order valence-corrected chi connectivity index (χ2v) is 3.81. The summed E-state index contributed by atoms with van der Waals surface area (Å²) in [4.78, 5) is 16.0. The first kappa shape index (κ1) is 10.7. The summed E-state index contributed by atoms with van der Waals surface area (Å²) in [5, 5.41) is 12.8. The second-order valence-electron chi connectivity index (χ2n) is 3.81. The molecule has 0 radical (unpaired) electrons. The third kappa shape index (κ3) is 1.68. The zero-order valence-corrected chi connectivity index (χ0v) is 9.14. The number of fused-ring (bicyclic) bond motifs is 1. The molecule has 1 aliphatic carbocycles. The molecular formula is C11H13NO4. The van der Waals surface area contributed by atoms with E-state index < -0.39 is 11.9 Å². The van der Waals surface area contributed by atoms with Crippen molar-refractivity contribution in [1.29, 1.82) is 0 Å². The zero-order valence-electron chi connectivity index (χ0n) is 9.14. The number of aliphatic carboxylic acids is 1. The third-order valence-corrected chi connectivity index (χ3v) is 2.85. The van der Waals surface area contributed by atoms with Crippen LogP contribution in [0.2, 0.25) is 0 Å². The van der Waals surface area contributed by atoms with E-state index in [-0.39, 0.29) is 5.92 Å². The molecule has 5 heteroatoms. The van der Waals surface area contributed by atoms with Gasteiger partial charge < -0.3 is 14.7 Å². The molecule has 0 saturated carbocycles. The van der Waals surface area contributed by atoms with Gasteiger partial charge in [-0.1, -0.05) is 5.16 Å². The maximum absolute atomic E-state index is 10.9. The highest BCUT2D eigenvalue weighted by molar-refractivity contribution is 6.04. The van der Waals surface area contributed by atoms with Gasteiger partial charge in [0, 0.05) is 6.08 Å². The normalized spacial score (nSPS) is 24.6. The Morgan fingerprint density at radius 3 is 3.12 bits per heavy atom. The Labute approximate surface area is 93.0 Å². The third-order valence-electron chi connectivity index (χ3n) is 2.85. The minimum absolute atomic E-state index is 0.0509. The van der Waals surface area contributed by atoms with Gasteiger partial charge in [-0.2, -0.15) is 0 Å². The van der Waals surface area contributed by atoms with Crippen molar-refractivity contribution in [3.05, 3.63) is 23.7 Å². The Kier molecular flexibility index (Phi) is 2.68. The van der Waals surface area contributed by atoms with Crippen LogP contribution in [0.25, 0.3) is 0 Å². The van der Waals surface area contributed by atoms with Gasteiger partial charge in [-0.05, 0) is 19.4 Å². The first-order valence-electron chi connectivity index (χ1n) is 5.06. The number of rotatable bonds is 3. The molecule has 0 aromatic heterocycles. The van der Waals surface area contributed by atoms with Gasteiger partial charge in [0.2, 0.25) is 0 Å². The Balaban J connectivity index is 2.17. The average molecular weight is 223 g/mol. The molecule has 2 rings (SSSR count). The zero-order chi connectivity index (χ0) is 11.7. The number of allylic oxidation sites excluding steroid dienone is 3. The second kappa shape index (κ2) is 4.00. The van der Waals surface area contributed by atoms with Crippen LogP contribution < -0.4 is 0 Å². The van der Waals surface area contributed by atoms with Crippen LogP contribution in [0.3, 0.4) is 0 Å². The van der Waals surface area contributed by atoms with Crippen LogP contribution in [-0.2, 0) is 14.4 Å². The minimum atomic E-state index is -0.884. The van der Waals surface area contributed by atoms with E-state index in [1.54, 1.807) is 20.1 Å². The molecule has 0 fully saturated rings. The molecule has 0 bridgehead atoms. The van der Waals surface area contributed by atoms with E-state index in [1.165, 1.54) is 0 Å². The number of carbonyl (C=O) groups is 1. The van der Waals surface area contributed by atoms with E-state index in [0.29, 0.717) is 17.9 Å². The van der Waals surface area contributed by atoms with Crippen LogP contribution in [0.15, 0.2) is 28.8 Å². The minimum Gasteiger partial charge on any atom is -0.497 e. The number of carboxylic acids is 1. The van der Waals surface area contributed by atoms with Crippen molar-refractivity contribution in [2.24, 2.45) is 17.0 Å². The predicted octanol–water partition coefficient (Wildman–Crippen LogP) is 1.53. The van der Waals surface area contributed by atoms with Crippen molar-refractivity contribution >= 4 is 11.7 Å². The van der Waals surface area contributed by atoms with E-state index in [0.717, 1.165) is 5.76 Å². The molecule has 0 spiro atoms. The summed E-state index contributed by atoms with van der Waals surface area (Å²) < 4.78 is 5.08. The smallest absolute Gasteiger partial charge is 0.312 e. The Bertz CT molecular complexity index is 408. The van der Waals surface area contributed by atoms with Gasteiger partial charge >= 0.3 is 5.97 Å². The molecule has 1 N–H and O–H groups in total. The quantitative estimate of drug-likeness (QED) is 0.787. The van der Waals surface area contributed by atoms with E-state index in [4.69, 9.17) is 14.7 Å². The highest BCUT2D eigenvalue weighted by Gasteiger charge is 2.36. The van der Waals surface area contributed by atoms with E-state index in [1.807, 2.05) is 6.08 Å². The van der Waals surface area contributed by atoms with Crippen molar-refractivity contribution < 1.29 is 19.5 Å². The number of methoxy groups -OCH3 is 1. The molecule has 1 heterocycles. The van der Waals surface area contributed by atoms with Crippen molar-refractivity contribution in [3.8, 4) is 0 Å². The molecule has 1 aliphatic heterocycles. The largest absolute Gasteiger partial charge is 0.497 e. The van der Waals surface area contributed by atoms with Crippen molar-refractivity contribution in [2.45, 2.75) is 13.3 Å². The van der Waals surface area contributed by atoms with Crippen LogP contribution in [0.5, 0.6) is 0 Å². The summed E-state index contributed by atoms with van der Waals surface area (Å²) in [6, 6.07) is 0. The highest BCUT2D eigenvalue weighted by Crippen LogP contribution is 2.33. The number of hydrogen-bond donors (Lipinski definition) is 1. The first-order valence-corrected chi connectivity index (χ1v) is 5.06. The number of oxime groups is 1. The Morgan fingerprint density at radius 2 is 2.50 bits per heavy atom. The fourth-order valence-corrected chi connectivity index (χ4v) is 1.82. The topological polar surface area (TPSA) is 68.1 Å². The SMILES string of the molecule is COC1=CCC2C(=C1)ON=C2C(C)C(=O)O. The lowest BCUT2D eigenvalue weighted by Gasteiger charge is -2.16. The number of hydrogen-bond acceptors (Lipinski definition) is 4. The molecule has 86 valence electrons. The van der Waals surface area contributed by atoms with Crippen molar-refractivity contribution in [1.82, 2.24) is 0 Å². The molecule has 0 aromatic rings. The average Bonchev–Trinajstić information content (AvgIpc) is 2.70. The first-order chi connectivity index (χ1) is 7.63. The molecule has 2 atom stereocenters. The summed E-state index contributed by atoms with van der Waals surface area (Å²) in [5.41, 5.74) is 0.574. The van der Waals surface area contributed by atoms with E-state index in [2.05, 4.69) is 5.16 Å². The molecule has 16 heavy (non-hydrogen) atoms. The van der Waals surface area contributed by atoms with Crippen molar-refractivity contribution in [2.75, 3.05) is 7.11 Å². The molecule has 2 aliphatic rings. The Morgan fingerprint density at radius 1 is 1.75 bits per heavy atom. The van der Waals surface area contributed by atoms with E-state index >= 15 is 0 Å². The fraction of sp³-hybridized carbons (Fsp3) is 0.455. The van der Waals surface area contributed by atoms with E-state index in [9.17, 15) is 4.79 Å². The predicted molar refractivity (Wildman–Crippen MR) is 56.6 cm³/mol. The van der Waals surface area contributed by atoms with Gasteiger partial charge in [-0.15, -0.1) is 0 Å². The molecule has 0 aromatic carbocycles. The van der Waals surface area contributed by atoms with Crippen molar-refractivity contribution in [3.63, 3.8) is 0 Å². The Hall–Kier alpha value is -1.78. The van der Waals surface area contributed by atoms with Crippen LogP contribution in [-0.4, -0.2) is 23.9 Å². The van der Waals surface area contributed by atoms with Gasteiger partial charge in [0.25, 0.3) is 0 Å². The highest BCUT2D eigenvalue weighted by atomic mass is 16.6.